The van der Waals surface area contributed by atoms with Gasteiger partial charge in [-0.25, -0.2) is 4.98 Å². The summed E-state index contributed by atoms with van der Waals surface area (Å²) < 4.78 is 5.55. The van der Waals surface area contributed by atoms with Crippen molar-refractivity contribution in [1.82, 2.24) is 14.9 Å². The molecule has 2 aliphatic heterocycles. The summed E-state index contributed by atoms with van der Waals surface area (Å²) >= 11 is 0. The van der Waals surface area contributed by atoms with E-state index in [4.69, 9.17) is 10.5 Å². The maximum atomic E-state index is 6.11. The van der Waals surface area contributed by atoms with Crippen LogP contribution in [0.1, 0.15) is 32.6 Å². The van der Waals surface area contributed by atoms with E-state index in [2.05, 4.69) is 27.1 Å². The van der Waals surface area contributed by atoms with E-state index in [1.54, 1.807) is 0 Å². The molecule has 0 bridgehead atoms. The van der Waals surface area contributed by atoms with Crippen LogP contribution in [-0.2, 0) is 0 Å². The summed E-state index contributed by atoms with van der Waals surface area (Å²) in [7, 11) is 0. The van der Waals surface area contributed by atoms with Crippen molar-refractivity contribution >= 4 is 11.5 Å². The Balaban J connectivity index is 1.71. The molecule has 0 saturated carbocycles. The molecule has 6 nitrogen and oxygen atoms in total. The van der Waals surface area contributed by atoms with Crippen molar-refractivity contribution in [1.29, 1.82) is 0 Å². The molecule has 3 heterocycles. The smallest absolute Gasteiger partial charge is 0.242 e. The number of nitrogen functional groups attached to an aromatic ring is 1. The molecule has 0 aliphatic carbocycles. The van der Waals surface area contributed by atoms with Crippen LogP contribution in [0.2, 0.25) is 0 Å². The molecule has 2 fully saturated rings. The monoisotopic (exact) mass is 277 g/mol. The molecule has 1 aromatic heterocycles. The van der Waals surface area contributed by atoms with Gasteiger partial charge in [0, 0.05) is 18.6 Å². The Labute approximate surface area is 119 Å². The van der Waals surface area contributed by atoms with Gasteiger partial charge in [0.1, 0.15) is 12.0 Å². The van der Waals surface area contributed by atoms with Gasteiger partial charge in [-0.15, -0.1) is 0 Å². The number of nitrogens with two attached hydrogens (primary N) is 1. The lowest BCUT2D eigenvalue weighted by Crippen LogP contribution is -2.34. The maximum Gasteiger partial charge on any atom is 0.242 e. The lowest BCUT2D eigenvalue weighted by atomic mass is 10.1. The Kier molecular flexibility index (Phi) is 3.91. The first-order valence-electron chi connectivity index (χ1n) is 7.53. The predicted molar refractivity (Wildman–Crippen MR) is 78.9 cm³/mol. The second-order valence-corrected chi connectivity index (χ2v) is 5.57. The van der Waals surface area contributed by atoms with Gasteiger partial charge in [-0.1, -0.05) is 6.92 Å². The topological polar surface area (TPSA) is 76.3 Å². The summed E-state index contributed by atoms with van der Waals surface area (Å²) in [6.07, 6.45) is 6.17. The largest absolute Gasteiger partial charge is 0.476 e. The highest BCUT2D eigenvalue weighted by molar-refractivity contribution is 5.66. The molecular formula is C14H23N5O. The van der Waals surface area contributed by atoms with E-state index in [0.717, 1.165) is 12.8 Å². The molecular weight excluding hydrogens is 254 g/mol. The van der Waals surface area contributed by atoms with E-state index in [1.807, 2.05) is 0 Å². The third kappa shape index (κ3) is 2.52. The highest BCUT2D eigenvalue weighted by Crippen LogP contribution is 2.32. The van der Waals surface area contributed by atoms with E-state index in [0.29, 0.717) is 36.1 Å². The minimum Gasteiger partial charge on any atom is -0.476 e. The maximum absolute atomic E-state index is 6.11. The highest BCUT2D eigenvalue weighted by atomic mass is 16.5. The Bertz CT molecular complexity index is 467. The third-order valence-electron chi connectivity index (χ3n) is 4.22. The minimum atomic E-state index is 0.439. The van der Waals surface area contributed by atoms with Gasteiger partial charge < -0.3 is 15.8 Å². The zero-order valence-corrected chi connectivity index (χ0v) is 12.0. The van der Waals surface area contributed by atoms with Gasteiger partial charge in [-0.05, 0) is 32.2 Å². The van der Waals surface area contributed by atoms with Gasteiger partial charge >= 0.3 is 0 Å². The molecule has 110 valence electrons. The molecule has 6 heteroatoms. The van der Waals surface area contributed by atoms with Crippen molar-refractivity contribution in [2.24, 2.45) is 0 Å². The van der Waals surface area contributed by atoms with Crippen molar-refractivity contribution in [2.45, 2.75) is 44.7 Å². The summed E-state index contributed by atoms with van der Waals surface area (Å²) in [5.41, 5.74) is 6.64. The van der Waals surface area contributed by atoms with Gasteiger partial charge in [0.25, 0.3) is 0 Å². The van der Waals surface area contributed by atoms with Crippen molar-refractivity contribution in [3.05, 3.63) is 6.33 Å². The van der Waals surface area contributed by atoms with Gasteiger partial charge in [-0.3, -0.25) is 4.90 Å². The summed E-state index contributed by atoms with van der Waals surface area (Å²) in [5, 5.41) is 3.50. The average molecular weight is 277 g/mol. The van der Waals surface area contributed by atoms with E-state index in [9.17, 15) is 0 Å². The fourth-order valence-corrected chi connectivity index (χ4v) is 3.23. The first-order chi connectivity index (χ1) is 9.79. The number of anilines is 2. The number of nitrogens with one attached hydrogen (secondary N) is 1. The van der Waals surface area contributed by atoms with E-state index < -0.39 is 0 Å². The first kappa shape index (κ1) is 13.4. The fourth-order valence-electron chi connectivity index (χ4n) is 3.23. The van der Waals surface area contributed by atoms with Crippen LogP contribution in [0.25, 0.3) is 0 Å². The van der Waals surface area contributed by atoms with Crippen LogP contribution in [0.4, 0.5) is 11.5 Å². The molecule has 0 spiro atoms. The number of nitrogens with zero attached hydrogens (tertiary/aromatic N) is 3. The van der Waals surface area contributed by atoms with Crippen LogP contribution >= 0.6 is 0 Å². The first-order valence-corrected chi connectivity index (χ1v) is 7.53. The summed E-state index contributed by atoms with van der Waals surface area (Å²) in [5.74, 6) is 1.20. The Morgan fingerprint density at radius 3 is 3.15 bits per heavy atom. The van der Waals surface area contributed by atoms with Crippen LogP contribution < -0.4 is 15.8 Å². The highest BCUT2D eigenvalue weighted by Gasteiger charge is 2.37. The zero-order chi connectivity index (χ0) is 13.9. The number of rotatable bonds is 5. The SMILES string of the molecule is CCCOc1ncnc(NC2CCN3CCCC23)c1N. The van der Waals surface area contributed by atoms with Gasteiger partial charge in [0.15, 0.2) is 5.82 Å². The standard InChI is InChI=1S/C14H23N5O/c1-2-8-20-14-12(15)13(16-9-17-14)18-10-5-7-19-6-3-4-11(10)19/h9-11H,2-8,15H2,1H3,(H,16,17,18). The van der Waals surface area contributed by atoms with Crippen molar-refractivity contribution < 1.29 is 4.74 Å². The summed E-state index contributed by atoms with van der Waals surface area (Å²) in [6, 6.07) is 1.07. The second kappa shape index (κ2) is 5.83. The third-order valence-corrected chi connectivity index (χ3v) is 4.22. The number of ether oxygens (including phenoxy) is 1. The Morgan fingerprint density at radius 1 is 1.40 bits per heavy atom. The number of fused-ring (bicyclic) bond motifs is 1. The molecule has 0 amide bonds. The lowest BCUT2D eigenvalue weighted by Gasteiger charge is -2.22. The molecule has 2 atom stereocenters. The molecule has 0 aromatic carbocycles. The second-order valence-electron chi connectivity index (χ2n) is 5.57. The fraction of sp³-hybridized carbons (Fsp3) is 0.714. The van der Waals surface area contributed by atoms with Crippen molar-refractivity contribution in [3.63, 3.8) is 0 Å². The normalized spacial score (nSPS) is 25.6. The Morgan fingerprint density at radius 2 is 2.30 bits per heavy atom. The van der Waals surface area contributed by atoms with Gasteiger partial charge in [-0.2, -0.15) is 4.98 Å². The Hall–Kier alpha value is -1.56. The molecule has 2 aliphatic rings. The molecule has 20 heavy (non-hydrogen) atoms. The van der Waals surface area contributed by atoms with Crippen molar-refractivity contribution in [2.75, 3.05) is 30.7 Å². The van der Waals surface area contributed by atoms with Crippen LogP contribution in [0, 0.1) is 0 Å². The molecule has 1 aromatic rings. The molecule has 3 rings (SSSR count). The summed E-state index contributed by atoms with van der Waals surface area (Å²) in [6.45, 7) is 5.09. The zero-order valence-electron chi connectivity index (χ0n) is 12.0. The average Bonchev–Trinajstić information content (AvgIpc) is 3.04. The molecule has 0 radical (unpaired) electrons. The number of hydrogen-bond donors (Lipinski definition) is 2. The van der Waals surface area contributed by atoms with Gasteiger partial charge in [0.05, 0.1) is 6.61 Å². The summed E-state index contributed by atoms with van der Waals surface area (Å²) in [4.78, 5) is 10.9. The van der Waals surface area contributed by atoms with Crippen molar-refractivity contribution in [3.8, 4) is 5.88 Å². The van der Waals surface area contributed by atoms with E-state index in [-0.39, 0.29) is 0 Å². The number of aromatic nitrogens is 2. The van der Waals surface area contributed by atoms with Crippen LogP contribution in [0.3, 0.4) is 0 Å². The van der Waals surface area contributed by atoms with Crippen LogP contribution in [0.15, 0.2) is 6.33 Å². The molecule has 3 N–H and O–H groups in total. The van der Waals surface area contributed by atoms with Crippen LogP contribution in [-0.4, -0.2) is 46.6 Å². The minimum absolute atomic E-state index is 0.439. The molecule has 2 saturated heterocycles. The number of hydrogen-bond acceptors (Lipinski definition) is 6. The lowest BCUT2D eigenvalue weighted by molar-refractivity contribution is 0.306. The predicted octanol–water partition coefficient (Wildman–Crippen LogP) is 1.50. The van der Waals surface area contributed by atoms with Gasteiger partial charge in [0.2, 0.25) is 5.88 Å². The quantitative estimate of drug-likeness (QED) is 0.849. The van der Waals surface area contributed by atoms with Crippen LogP contribution in [0.5, 0.6) is 5.88 Å². The van der Waals surface area contributed by atoms with E-state index >= 15 is 0 Å². The van der Waals surface area contributed by atoms with E-state index in [1.165, 1.54) is 32.3 Å². The molecule has 2 unspecified atom stereocenters.